The number of piperidine rings is 1. The van der Waals surface area contributed by atoms with Gasteiger partial charge in [0, 0.05) is 41.7 Å². The molecule has 2 aromatic carbocycles. The van der Waals surface area contributed by atoms with Crippen LogP contribution in [0.1, 0.15) is 39.9 Å². The van der Waals surface area contributed by atoms with Crippen molar-refractivity contribution in [1.82, 2.24) is 9.47 Å². The first kappa shape index (κ1) is 22.1. The molecule has 1 amide bonds. The number of fused-ring (bicyclic) bond motifs is 1. The molecule has 0 spiro atoms. The molecule has 0 unspecified atom stereocenters. The summed E-state index contributed by atoms with van der Waals surface area (Å²) in [6.45, 7) is 6.57. The highest BCUT2D eigenvalue weighted by atomic mass is 16.5. The highest BCUT2D eigenvalue weighted by Crippen LogP contribution is 2.29. The molecule has 1 aromatic heterocycles. The third-order valence-corrected chi connectivity index (χ3v) is 6.42. The summed E-state index contributed by atoms with van der Waals surface area (Å²) in [7, 11) is 1.66. The Hall–Kier alpha value is -3.12. The second-order valence-electron chi connectivity index (χ2n) is 8.85. The van der Waals surface area contributed by atoms with E-state index in [0.717, 1.165) is 71.4 Å². The molecule has 0 aliphatic carbocycles. The number of carbonyl (C=O) groups is 2. The van der Waals surface area contributed by atoms with Crippen LogP contribution in [0, 0.1) is 19.8 Å². The standard InChI is InChI=1S/C26H31N3O3/c1-17-11-20(12-18(2)26(17)32-3)25(31)19-7-6-10-28(13-19)14-21-15-29(16-24(27)30)23-9-5-4-8-22(21)23/h4-5,8-9,11-12,15,19H,6-7,10,13-14,16H2,1-3H3,(H2,27,30)/t19-/m1/s1. The highest BCUT2D eigenvalue weighted by Gasteiger charge is 2.28. The molecule has 1 atom stereocenters. The highest BCUT2D eigenvalue weighted by molar-refractivity contribution is 5.98. The van der Waals surface area contributed by atoms with Gasteiger partial charge < -0.3 is 15.0 Å². The third kappa shape index (κ3) is 4.41. The van der Waals surface area contributed by atoms with Crippen molar-refractivity contribution in [2.24, 2.45) is 11.7 Å². The molecule has 168 valence electrons. The summed E-state index contributed by atoms with van der Waals surface area (Å²) in [6.07, 6.45) is 3.92. The number of benzene rings is 2. The minimum absolute atomic E-state index is 0.0186. The van der Waals surface area contributed by atoms with Crippen molar-refractivity contribution >= 4 is 22.6 Å². The SMILES string of the molecule is COc1c(C)cc(C(=O)[C@@H]2CCCN(Cc3cn(CC(N)=O)c4ccccc34)C2)cc1C. The van der Waals surface area contributed by atoms with Gasteiger partial charge >= 0.3 is 0 Å². The van der Waals surface area contributed by atoms with Gasteiger partial charge in [-0.1, -0.05) is 18.2 Å². The number of Topliss-reactive ketones (excluding diaryl/α,β-unsaturated/α-hetero) is 1. The first-order valence-corrected chi connectivity index (χ1v) is 11.1. The maximum absolute atomic E-state index is 13.3. The van der Waals surface area contributed by atoms with Gasteiger partial charge in [-0.3, -0.25) is 14.5 Å². The Labute approximate surface area is 188 Å². The zero-order chi connectivity index (χ0) is 22.8. The Morgan fingerprint density at radius 3 is 2.56 bits per heavy atom. The van der Waals surface area contributed by atoms with E-state index in [1.807, 2.05) is 54.9 Å². The normalized spacial score (nSPS) is 16.9. The average molecular weight is 434 g/mol. The number of rotatable bonds is 7. The first-order valence-electron chi connectivity index (χ1n) is 11.1. The molecule has 32 heavy (non-hydrogen) atoms. The zero-order valence-electron chi connectivity index (χ0n) is 19.1. The van der Waals surface area contributed by atoms with Gasteiger partial charge in [-0.2, -0.15) is 0 Å². The number of carbonyl (C=O) groups excluding carboxylic acids is 2. The van der Waals surface area contributed by atoms with E-state index < -0.39 is 0 Å². The molecule has 1 aliphatic rings. The zero-order valence-corrected chi connectivity index (χ0v) is 19.1. The minimum Gasteiger partial charge on any atom is -0.496 e. The molecule has 0 saturated carbocycles. The third-order valence-electron chi connectivity index (χ3n) is 6.42. The number of amides is 1. The van der Waals surface area contributed by atoms with E-state index in [1.165, 1.54) is 0 Å². The number of nitrogens with two attached hydrogens (primary N) is 1. The number of methoxy groups -OCH3 is 1. The summed E-state index contributed by atoms with van der Waals surface area (Å²) in [5.74, 6) is 0.680. The number of hydrogen-bond donors (Lipinski definition) is 1. The van der Waals surface area contributed by atoms with Crippen LogP contribution in [-0.4, -0.2) is 41.4 Å². The Morgan fingerprint density at radius 2 is 1.88 bits per heavy atom. The molecular formula is C26H31N3O3. The summed E-state index contributed by atoms with van der Waals surface area (Å²) in [5.41, 5.74) is 10.4. The van der Waals surface area contributed by atoms with Gasteiger partial charge in [0.05, 0.1) is 7.11 Å². The Kier molecular flexibility index (Phi) is 6.33. The number of primary amides is 1. The number of aromatic nitrogens is 1. The fraction of sp³-hybridized carbons (Fsp3) is 0.385. The second kappa shape index (κ2) is 9.17. The molecule has 3 aromatic rings. The smallest absolute Gasteiger partial charge is 0.237 e. The molecule has 1 saturated heterocycles. The minimum atomic E-state index is -0.356. The van der Waals surface area contributed by atoms with Crippen LogP contribution in [0.15, 0.2) is 42.6 Å². The number of hydrogen-bond acceptors (Lipinski definition) is 4. The first-order chi connectivity index (χ1) is 15.4. The molecular weight excluding hydrogens is 402 g/mol. The molecule has 1 aliphatic heterocycles. The van der Waals surface area contributed by atoms with Gasteiger partial charge in [0.25, 0.3) is 0 Å². The van der Waals surface area contributed by atoms with Crippen LogP contribution < -0.4 is 10.5 Å². The van der Waals surface area contributed by atoms with E-state index in [-0.39, 0.29) is 24.2 Å². The van der Waals surface area contributed by atoms with Crippen molar-refractivity contribution in [3.05, 3.63) is 64.8 Å². The Morgan fingerprint density at radius 1 is 1.16 bits per heavy atom. The maximum atomic E-state index is 13.3. The fourth-order valence-electron chi connectivity index (χ4n) is 5.05. The summed E-state index contributed by atoms with van der Waals surface area (Å²) >= 11 is 0. The number of para-hydroxylation sites is 1. The number of likely N-dealkylation sites (tertiary alicyclic amines) is 1. The lowest BCUT2D eigenvalue weighted by Crippen LogP contribution is -2.38. The van der Waals surface area contributed by atoms with Crippen molar-refractivity contribution < 1.29 is 14.3 Å². The van der Waals surface area contributed by atoms with Crippen LogP contribution in [0.2, 0.25) is 0 Å². The predicted molar refractivity (Wildman–Crippen MR) is 126 cm³/mol. The average Bonchev–Trinajstić information content (AvgIpc) is 3.10. The summed E-state index contributed by atoms with van der Waals surface area (Å²) in [5, 5.41) is 1.13. The fourth-order valence-corrected chi connectivity index (χ4v) is 5.05. The van der Waals surface area contributed by atoms with Crippen molar-refractivity contribution in [2.75, 3.05) is 20.2 Å². The van der Waals surface area contributed by atoms with Gasteiger partial charge in [-0.25, -0.2) is 0 Å². The van der Waals surface area contributed by atoms with Crippen molar-refractivity contribution in [2.45, 2.75) is 39.8 Å². The van der Waals surface area contributed by atoms with E-state index in [4.69, 9.17) is 10.5 Å². The summed E-state index contributed by atoms with van der Waals surface area (Å²) in [6, 6.07) is 12.0. The summed E-state index contributed by atoms with van der Waals surface area (Å²) < 4.78 is 7.37. The van der Waals surface area contributed by atoms with Crippen LogP contribution in [0.3, 0.4) is 0 Å². The van der Waals surface area contributed by atoms with E-state index in [0.29, 0.717) is 0 Å². The van der Waals surface area contributed by atoms with Crippen LogP contribution in [0.25, 0.3) is 10.9 Å². The Bertz CT molecular complexity index is 1140. The van der Waals surface area contributed by atoms with Gasteiger partial charge in [-0.05, 0) is 68.1 Å². The number of nitrogens with zero attached hydrogens (tertiary/aromatic N) is 2. The van der Waals surface area contributed by atoms with E-state index in [9.17, 15) is 9.59 Å². The molecule has 6 heteroatoms. The lowest BCUT2D eigenvalue weighted by Gasteiger charge is -2.32. The van der Waals surface area contributed by atoms with Gasteiger partial charge in [0.1, 0.15) is 12.3 Å². The van der Waals surface area contributed by atoms with Gasteiger partial charge in [-0.15, -0.1) is 0 Å². The largest absolute Gasteiger partial charge is 0.496 e. The van der Waals surface area contributed by atoms with Crippen LogP contribution in [0.5, 0.6) is 5.75 Å². The Balaban J connectivity index is 1.53. The quantitative estimate of drug-likeness (QED) is 0.574. The monoisotopic (exact) mass is 433 g/mol. The van der Waals surface area contributed by atoms with E-state index >= 15 is 0 Å². The molecule has 1 fully saturated rings. The van der Waals surface area contributed by atoms with Crippen LogP contribution in [0.4, 0.5) is 0 Å². The summed E-state index contributed by atoms with van der Waals surface area (Å²) in [4.78, 5) is 27.2. The molecule has 2 N–H and O–H groups in total. The van der Waals surface area contributed by atoms with Gasteiger partial charge in [0.2, 0.25) is 5.91 Å². The maximum Gasteiger partial charge on any atom is 0.237 e. The lowest BCUT2D eigenvalue weighted by molar-refractivity contribution is -0.118. The van der Waals surface area contributed by atoms with Crippen molar-refractivity contribution in [3.63, 3.8) is 0 Å². The van der Waals surface area contributed by atoms with Crippen LogP contribution >= 0.6 is 0 Å². The van der Waals surface area contributed by atoms with E-state index in [1.54, 1.807) is 7.11 Å². The van der Waals surface area contributed by atoms with Gasteiger partial charge in [0.15, 0.2) is 5.78 Å². The van der Waals surface area contributed by atoms with Crippen molar-refractivity contribution in [1.29, 1.82) is 0 Å². The topological polar surface area (TPSA) is 77.6 Å². The molecule has 2 heterocycles. The number of ether oxygens (including phenoxy) is 1. The molecule has 0 bridgehead atoms. The number of ketones is 1. The lowest BCUT2D eigenvalue weighted by atomic mass is 9.88. The van der Waals surface area contributed by atoms with Crippen molar-refractivity contribution in [3.8, 4) is 5.75 Å². The van der Waals surface area contributed by atoms with Crippen LogP contribution in [-0.2, 0) is 17.9 Å². The predicted octanol–water partition coefficient (Wildman–Crippen LogP) is 3.85. The second-order valence-corrected chi connectivity index (χ2v) is 8.85. The molecule has 4 rings (SSSR count). The number of aryl methyl sites for hydroxylation is 2. The van der Waals surface area contributed by atoms with E-state index in [2.05, 4.69) is 11.0 Å². The molecule has 0 radical (unpaired) electrons. The molecule has 6 nitrogen and oxygen atoms in total.